The van der Waals surface area contributed by atoms with E-state index in [0.29, 0.717) is 19.0 Å². The molecule has 1 saturated heterocycles. The van der Waals surface area contributed by atoms with Crippen LogP contribution in [0.1, 0.15) is 19.1 Å². The zero-order chi connectivity index (χ0) is 24.2. The Morgan fingerprint density at radius 2 is 1.84 bits per heavy atom. The van der Waals surface area contributed by atoms with Gasteiger partial charge in [-0.15, -0.1) is 0 Å². The van der Waals surface area contributed by atoms with Crippen molar-refractivity contribution in [2.75, 3.05) is 13.7 Å². The first kappa shape index (κ1) is 26.7. The van der Waals surface area contributed by atoms with Gasteiger partial charge in [-0.05, 0) is 5.57 Å². The number of ether oxygens (including phenoxy) is 1. The third-order valence-electron chi connectivity index (χ3n) is 3.82. The Balaban J connectivity index is 2.13. The SMILES string of the molecule is COP(=O)(O)OP(=O)(O)OP(=O)(O)OCC1OC(n2ccc(=O)[nH]c2=O)C/C1=C\CC=O. The number of carbonyl (C=O) groups is 1. The molecule has 0 radical (unpaired) electrons. The summed E-state index contributed by atoms with van der Waals surface area (Å²) in [6, 6.07) is 1.07. The highest BCUT2D eigenvalue weighted by Crippen LogP contribution is 2.67. The summed E-state index contributed by atoms with van der Waals surface area (Å²) in [5.41, 5.74) is -1.06. The normalized spacial score (nSPS) is 25.7. The molecular formula is C13H19N2O14P3. The van der Waals surface area contributed by atoms with Crippen molar-refractivity contribution in [3.63, 3.8) is 0 Å². The van der Waals surface area contributed by atoms with Crippen molar-refractivity contribution < 1.29 is 55.6 Å². The largest absolute Gasteiger partial charge is 0.490 e. The Labute approximate surface area is 179 Å². The third kappa shape index (κ3) is 7.80. The minimum absolute atomic E-state index is 0.0353. The highest BCUT2D eigenvalue weighted by Gasteiger charge is 2.42. The van der Waals surface area contributed by atoms with Crippen LogP contribution in [0.4, 0.5) is 0 Å². The van der Waals surface area contributed by atoms with Gasteiger partial charge in [0.05, 0.1) is 6.61 Å². The molecule has 2 rings (SSSR count). The fourth-order valence-corrected chi connectivity index (χ4v) is 5.78. The number of aromatic nitrogens is 2. The molecule has 1 fully saturated rings. The minimum atomic E-state index is -5.57. The summed E-state index contributed by atoms with van der Waals surface area (Å²) in [4.78, 5) is 63.9. The first-order chi connectivity index (χ1) is 14.8. The van der Waals surface area contributed by atoms with Crippen LogP contribution in [0.5, 0.6) is 0 Å². The number of H-pyrrole nitrogens is 1. The summed E-state index contributed by atoms with van der Waals surface area (Å²) in [5.74, 6) is 0. The van der Waals surface area contributed by atoms with Crippen LogP contribution in [0.15, 0.2) is 33.5 Å². The van der Waals surface area contributed by atoms with Crippen molar-refractivity contribution in [1.29, 1.82) is 0 Å². The van der Waals surface area contributed by atoms with Gasteiger partial charge in [0.25, 0.3) is 5.56 Å². The highest BCUT2D eigenvalue weighted by molar-refractivity contribution is 7.66. The Hall–Kier alpha value is -1.54. The summed E-state index contributed by atoms with van der Waals surface area (Å²) in [6.45, 7) is -0.756. The second-order valence-corrected chi connectivity index (χ2v) is 10.8. The minimum Gasteiger partial charge on any atom is -0.348 e. The van der Waals surface area contributed by atoms with E-state index in [9.17, 15) is 37.9 Å². The average Bonchev–Trinajstić information content (AvgIpc) is 3.05. The Morgan fingerprint density at radius 1 is 1.19 bits per heavy atom. The van der Waals surface area contributed by atoms with Crippen molar-refractivity contribution in [2.24, 2.45) is 0 Å². The lowest BCUT2D eigenvalue weighted by molar-refractivity contribution is -0.107. The average molecular weight is 520 g/mol. The second kappa shape index (κ2) is 10.6. The lowest BCUT2D eigenvalue weighted by atomic mass is 10.1. The fraction of sp³-hybridized carbons (Fsp3) is 0.462. The second-order valence-electron chi connectivity index (χ2n) is 6.03. The number of aldehydes is 1. The third-order valence-corrected chi connectivity index (χ3v) is 8.05. The lowest BCUT2D eigenvalue weighted by Gasteiger charge is -2.19. The molecule has 1 aliphatic heterocycles. The van der Waals surface area contributed by atoms with E-state index in [-0.39, 0.29) is 12.8 Å². The van der Waals surface area contributed by atoms with Crippen molar-refractivity contribution in [1.82, 2.24) is 9.55 Å². The van der Waals surface area contributed by atoms with E-state index in [4.69, 9.17) is 9.63 Å². The van der Waals surface area contributed by atoms with Gasteiger partial charge in [-0.25, -0.2) is 18.5 Å². The van der Waals surface area contributed by atoms with E-state index in [1.807, 2.05) is 4.98 Å². The number of nitrogens with one attached hydrogen (secondary N) is 1. The van der Waals surface area contributed by atoms with Crippen molar-refractivity contribution >= 4 is 29.8 Å². The van der Waals surface area contributed by atoms with Gasteiger partial charge in [-0.2, -0.15) is 8.62 Å². The van der Waals surface area contributed by atoms with Gasteiger partial charge in [0.1, 0.15) is 18.6 Å². The van der Waals surface area contributed by atoms with Crippen LogP contribution in [-0.4, -0.2) is 50.3 Å². The van der Waals surface area contributed by atoms with Gasteiger partial charge >= 0.3 is 29.2 Å². The topological polar surface area (TPSA) is 230 Å². The van der Waals surface area contributed by atoms with Crippen LogP contribution in [0.2, 0.25) is 0 Å². The molecule has 5 unspecified atom stereocenters. The molecule has 32 heavy (non-hydrogen) atoms. The number of phosphoric acid groups is 3. The first-order valence-electron chi connectivity index (χ1n) is 8.48. The molecular weight excluding hydrogens is 501 g/mol. The number of hydrogen-bond donors (Lipinski definition) is 4. The van der Waals surface area contributed by atoms with E-state index < -0.39 is 53.7 Å². The number of rotatable bonds is 11. The molecule has 1 aromatic rings. The zero-order valence-electron chi connectivity index (χ0n) is 16.2. The molecule has 0 spiro atoms. The lowest BCUT2D eigenvalue weighted by Crippen LogP contribution is -2.31. The molecule has 5 atom stereocenters. The summed E-state index contributed by atoms with van der Waals surface area (Å²) < 4.78 is 57.6. The standard InChI is InChI=1S/C13H19N2O14P3/c1-25-30(19,20)28-32(23,24)29-31(21,22)26-8-10-9(3-2-6-16)7-12(27-10)15-5-4-11(17)14-13(15)18/h3-6,10,12H,2,7-8H2,1H3,(H,19,20)(H,21,22)(H,23,24)(H,14,17,18)/b9-3+. The van der Waals surface area contributed by atoms with E-state index in [1.165, 1.54) is 6.08 Å². The number of phosphoric ester groups is 2. The molecule has 16 nitrogen and oxygen atoms in total. The number of aromatic amines is 1. The molecule has 0 amide bonds. The number of allylic oxidation sites excluding steroid dienone is 1. The van der Waals surface area contributed by atoms with Gasteiger partial charge in [0, 0.05) is 32.2 Å². The van der Waals surface area contributed by atoms with Crippen LogP contribution in [0, 0.1) is 0 Å². The van der Waals surface area contributed by atoms with Crippen LogP contribution in [0.25, 0.3) is 0 Å². The molecule has 1 aliphatic rings. The fourth-order valence-electron chi connectivity index (χ4n) is 2.53. The number of carbonyl (C=O) groups excluding carboxylic acids is 1. The molecule has 4 N–H and O–H groups in total. The van der Waals surface area contributed by atoms with Gasteiger partial charge in [0.15, 0.2) is 0 Å². The molecule has 180 valence electrons. The van der Waals surface area contributed by atoms with Gasteiger partial charge in [-0.1, -0.05) is 6.08 Å². The molecule has 2 heterocycles. The predicted octanol–water partition coefficient (Wildman–Crippen LogP) is 0.337. The Kier molecular flexibility index (Phi) is 8.84. The van der Waals surface area contributed by atoms with Crippen LogP contribution in [-0.2, 0) is 40.9 Å². The summed E-state index contributed by atoms with van der Waals surface area (Å²) in [6.07, 6.45) is 1.04. The molecule has 1 aromatic heterocycles. The van der Waals surface area contributed by atoms with Crippen LogP contribution in [0.3, 0.4) is 0 Å². The van der Waals surface area contributed by atoms with Crippen molar-refractivity contribution in [3.8, 4) is 0 Å². The number of hydrogen-bond acceptors (Lipinski definition) is 11. The van der Waals surface area contributed by atoms with E-state index >= 15 is 0 Å². The van der Waals surface area contributed by atoms with Gasteiger partial charge in [0.2, 0.25) is 0 Å². The molecule has 0 aliphatic carbocycles. The van der Waals surface area contributed by atoms with E-state index in [0.717, 1.165) is 16.8 Å². The maximum Gasteiger partial charge on any atom is 0.490 e. The highest BCUT2D eigenvalue weighted by atomic mass is 31.3. The van der Waals surface area contributed by atoms with E-state index in [1.54, 1.807) is 0 Å². The number of nitrogens with zero attached hydrogens (tertiary/aromatic N) is 1. The maximum atomic E-state index is 12.0. The first-order valence-corrected chi connectivity index (χ1v) is 13.0. The van der Waals surface area contributed by atoms with Crippen molar-refractivity contribution in [2.45, 2.75) is 25.2 Å². The molecule has 0 saturated carbocycles. The maximum absolute atomic E-state index is 12.0. The summed E-state index contributed by atoms with van der Waals surface area (Å²) in [5, 5.41) is 0. The zero-order valence-corrected chi connectivity index (χ0v) is 18.9. The predicted molar refractivity (Wildman–Crippen MR) is 103 cm³/mol. The van der Waals surface area contributed by atoms with Crippen LogP contribution < -0.4 is 11.2 Å². The Bertz CT molecular complexity index is 1130. The monoisotopic (exact) mass is 520 g/mol. The molecule has 0 aromatic carbocycles. The summed E-state index contributed by atoms with van der Waals surface area (Å²) in [7, 11) is -15.3. The van der Waals surface area contributed by atoms with Crippen molar-refractivity contribution in [3.05, 3.63) is 44.8 Å². The summed E-state index contributed by atoms with van der Waals surface area (Å²) >= 11 is 0. The molecule has 0 bridgehead atoms. The van der Waals surface area contributed by atoms with Gasteiger partial charge in [-0.3, -0.25) is 23.4 Å². The molecule has 19 heteroatoms. The smallest absolute Gasteiger partial charge is 0.348 e. The van der Waals surface area contributed by atoms with Gasteiger partial charge < -0.3 is 24.2 Å². The Morgan fingerprint density at radius 3 is 2.44 bits per heavy atom. The quantitative estimate of drug-likeness (QED) is 0.175. The van der Waals surface area contributed by atoms with E-state index in [2.05, 4.69) is 17.7 Å². The van der Waals surface area contributed by atoms with Crippen LogP contribution >= 0.6 is 23.5 Å².